The number of hydrogen-bond acceptors (Lipinski definition) is 2. The van der Waals surface area contributed by atoms with Gasteiger partial charge in [0.15, 0.2) is 0 Å². The Kier molecular flexibility index (Phi) is 3.86. The van der Waals surface area contributed by atoms with Crippen molar-refractivity contribution in [1.29, 1.82) is 0 Å². The maximum atomic E-state index is 12.9. The lowest BCUT2D eigenvalue weighted by Crippen LogP contribution is -2.31. The van der Waals surface area contributed by atoms with Crippen LogP contribution >= 0.6 is 0 Å². The van der Waals surface area contributed by atoms with Crippen LogP contribution in [0.5, 0.6) is 5.75 Å². The van der Waals surface area contributed by atoms with Crippen molar-refractivity contribution in [1.82, 2.24) is 0 Å². The van der Waals surface area contributed by atoms with E-state index in [-0.39, 0.29) is 18.8 Å². The second-order valence-corrected chi connectivity index (χ2v) is 6.08. The summed E-state index contributed by atoms with van der Waals surface area (Å²) in [6.07, 6.45) is -2.78. The van der Waals surface area contributed by atoms with Crippen LogP contribution in [0.2, 0.25) is 0 Å². The van der Waals surface area contributed by atoms with Crippen LogP contribution in [0.25, 0.3) is 0 Å². The van der Waals surface area contributed by atoms with Gasteiger partial charge in [-0.2, -0.15) is 13.2 Å². The normalized spacial score (nSPS) is 27.0. The number of hydrogen-bond donors (Lipinski definition) is 1. The average molecular weight is 300 g/mol. The van der Waals surface area contributed by atoms with E-state index < -0.39 is 18.2 Å². The molecule has 1 heterocycles. The number of aliphatic hydroxyl groups excluding tert-OH is 1. The molecule has 21 heavy (non-hydrogen) atoms. The van der Waals surface area contributed by atoms with E-state index in [0.717, 1.165) is 17.7 Å². The van der Waals surface area contributed by atoms with Crippen molar-refractivity contribution in [2.45, 2.75) is 44.4 Å². The molecule has 3 atom stereocenters. The van der Waals surface area contributed by atoms with Crippen LogP contribution in [0.4, 0.5) is 13.2 Å². The maximum absolute atomic E-state index is 12.9. The van der Waals surface area contributed by atoms with E-state index in [1.165, 1.54) is 0 Å². The molecule has 5 heteroatoms. The van der Waals surface area contributed by atoms with E-state index in [1.54, 1.807) is 6.07 Å². The fourth-order valence-electron chi connectivity index (χ4n) is 3.47. The first-order valence-electron chi connectivity index (χ1n) is 7.45. The fourth-order valence-corrected chi connectivity index (χ4v) is 3.47. The molecule has 0 radical (unpaired) electrons. The highest BCUT2D eigenvalue weighted by Gasteiger charge is 2.43. The summed E-state index contributed by atoms with van der Waals surface area (Å²) in [6, 6.07) is 5.46. The van der Waals surface area contributed by atoms with E-state index in [4.69, 9.17) is 4.74 Å². The van der Waals surface area contributed by atoms with Crippen molar-refractivity contribution in [3.63, 3.8) is 0 Å². The molecule has 2 aliphatic rings. The molecular weight excluding hydrogens is 281 g/mol. The van der Waals surface area contributed by atoms with Gasteiger partial charge in [-0.1, -0.05) is 12.5 Å². The van der Waals surface area contributed by atoms with Gasteiger partial charge in [0.2, 0.25) is 0 Å². The van der Waals surface area contributed by atoms with E-state index >= 15 is 0 Å². The second kappa shape index (κ2) is 5.52. The smallest absolute Gasteiger partial charge is 0.391 e. The summed E-state index contributed by atoms with van der Waals surface area (Å²) in [7, 11) is 0. The van der Waals surface area contributed by atoms with Crippen LogP contribution in [-0.2, 0) is 6.42 Å². The zero-order chi connectivity index (χ0) is 15.0. The molecule has 0 amide bonds. The van der Waals surface area contributed by atoms with Crippen molar-refractivity contribution in [2.75, 3.05) is 6.61 Å². The zero-order valence-corrected chi connectivity index (χ0v) is 11.7. The first-order chi connectivity index (χ1) is 9.95. The first-order valence-corrected chi connectivity index (χ1v) is 7.45. The largest absolute Gasteiger partial charge is 0.493 e. The van der Waals surface area contributed by atoms with E-state index in [1.807, 2.05) is 12.1 Å². The molecule has 116 valence electrons. The third-order valence-electron chi connectivity index (χ3n) is 4.68. The number of alkyl halides is 3. The summed E-state index contributed by atoms with van der Waals surface area (Å²) >= 11 is 0. The van der Waals surface area contributed by atoms with Gasteiger partial charge in [-0.3, -0.25) is 0 Å². The average Bonchev–Trinajstić information content (AvgIpc) is 2.93. The molecule has 1 aromatic carbocycles. The predicted octanol–water partition coefficient (Wildman–Crippen LogP) is 4.02. The van der Waals surface area contributed by atoms with Gasteiger partial charge in [0.1, 0.15) is 5.75 Å². The van der Waals surface area contributed by atoms with Crippen LogP contribution in [-0.4, -0.2) is 17.9 Å². The topological polar surface area (TPSA) is 29.5 Å². The molecule has 1 fully saturated rings. The Morgan fingerprint density at radius 3 is 2.81 bits per heavy atom. The molecular formula is C16H19F3O2. The van der Waals surface area contributed by atoms with Gasteiger partial charge in [0.05, 0.1) is 18.6 Å². The molecule has 1 saturated carbocycles. The predicted molar refractivity (Wildman–Crippen MR) is 72.1 cm³/mol. The Balaban J connectivity index is 1.74. The van der Waals surface area contributed by atoms with Crippen molar-refractivity contribution < 1.29 is 23.0 Å². The minimum absolute atomic E-state index is 0.0260. The maximum Gasteiger partial charge on any atom is 0.391 e. The van der Waals surface area contributed by atoms with Crippen molar-refractivity contribution in [3.05, 3.63) is 29.3 Å². The molecule has 1 aliphatic heterocycles. The van der Waals surface area contributed by atoms with Gasteiger partial charge in [0, 0.05) is 6.42 Å². The molecule has 2 nitrogen and oxygen atoms in total. The van der Waals surface area contributed by atoms with Crippen LogP contribution in [0.3, 0.4) is 0 Å². The SMILES string of the molecule is OC(c1ccc2c(c1)CCO2)C1CCCC(C(F)(F)F)C1. The molecule has 1 aliphatic carbocycles. The van der Waals surface area contributed by atoms with Crippen LogP contribution in [0.15, 0.2) is 18.2 Å². The lowest BCUT2D eigenvalue weighted by Gasteiger charge is -2.33. The third kappa shape index (κ3) is 3.03. The van der Waals surface area contributed by atoms with Crippen molar-refractivity contribution in [2.24, 2.45) is 11.8 Å². The molecule has 3 unspecified atom stereocenters. The Morgan fingerprint density at radius 2 is 2.05 bits per heavy atom. The van der Waals surface area contributed by atoms with Gasteiger partial charge < -0.3 is 9.84 Å². The standard InChI is InChI=1S/C16H19F3O2/c17-16(18,19)13-3-1-2-11(9-13)15(20)12-4-5-14-10(8-12)6-7-21-14/h4-5,8,11,13,15,20H,1-3,6-7,9H2. The number of benzene rings is 1. The monoisotopic (exact) mass is 300 g/mol. The molecule has 3 rings (SSSR count). The third-order valence-corrected chi connectivity index (χ3v) is 4.68. The van der Waals surface area contributed by atoms with Crippen LogP contribution in [0.1, 0.15) is 42.9 Å². The Labute approximate surface area is 121 Å². The number of rotatable bonds is 2. The van der Waals surface area contributed by atoms with Gasteiger partial charge >= 0.3 is 6.18 Å². The van der Waals surface area contributed by atoms with Gasteiger partial charge in [-0.05, 0) is 48.4 Å². The minimum atomic E-state index is -4.15. The summed E-state index contributed by atoms with van der Waals surface area (Å²) in [4.78, 5) is 0. The first kappa shape index (κ1) is 14.7. The second-order valence-electron chi connectivity index (χ2n) is 6.08. The summed E-state index contributed by atoms with van der Waals surface area (Å²) in [5.74, 6) is -0.767. The Bertz CT molecular complexity index is 513. The van der Waals surface area contributed by atoms with Crippen molar-refractivity contribution in [3.8, 4) is 5.75 Å². The number of ether oxygens (including phenoxy) is 1. The molecule has 1 aromatic rings. The van der Waals surface area contributed by atoms with E-state index in [2.05, 4.69) is 0 Å². The quantitative estimate of drug-likeness (QED) is 0.893. The number of aliphatic hydroxyl groups is 1. The van der Waals surface area contributed by atoms with Crippen molar-refractivity contribution >= 4 is 0 Å². The molecule has 0 spiro atoms. The summed E-state index contributed by atoms with van der Waals surface area (Å²) in [6.45, 7) is 0.633. The van der Waals surface area contributed by atoms with Gasteiger partial charge in [-0.25, -0.2) is 0 Å². The number of halogens is 3. The highest BCUT2D eigenvalue weighted by atomic mass is 19.4. The van der Waals surface area contributed by atoms with E-state index in [9.17, 15) is 18.3 Å². The fraction of sp³-hybridized carbons (Fsp3) is 0.625. The zero-order valence-electron chi connectivity index (χ0n) is 11.7. The Morgan fingerprint density at radius 1 is 1.24 bits per heavy atom. The molecule has 1 N–H and O–H groups in total. The lowest BCUT2D eigenvalue weighted by molar-refractivity contribution is -0.189. The van der Waals surface area contributed by atoms with Crippen LogP contribution < -0.4 is 4.74 Å². The van der Waals surface area contributed by atoms with Gasteiger partial charge in [-0.15, -0.1) is 0 Å². The molecule has 0 aromatic heterocycles. The number of fused-ring (bicyclic) bond motifs is 1. The molecule has 0 saturated heterocycles. The highest BCUT2D eigenvalue weighted by molar-refractivity contribution is 5.40. The van der Waals surface area contributed by atoms with E-state index in [0.29, 0.717) is 25.0 Å². The van der Waals surface area contributed by atoms with Gasteiger partial charge in [0.25, 0.3) is 0 Å². The summed E-state index contributed by atoms with van der Waals surface area (Å²) < 4.78 is 44.0. The minimum Gasteiger partial charge on any atom is -0.493 e. The molecule has 0 bridgehead atoms. The lowest BCUT2D eigenvalue weighted by atomic mass is 9.76. The summed E-state index contributed by atoms with van der Waals surface area (Å²) in [5.41, 5.74) is 1.75. The summed E-state index contributed by atoms with van der Waals surface area (Å²) in [5, 5.41) is 10.5. The Hall–Kier alpha value is -1.23. The highest BCUT2D eigenvalue weighted by Crippen LogP contribution is 2.44. The van der Waals surface area contributed by atoms with Crippen LogP contribution in [0, 0.1) is 11.8 Å².